The van der Waals surface area contributed by atoms with Gasteiger partial charge in [-0.15, -0.1) is 0 Å². The molecule has 0 bridgehead atoms. The summed E-state index contributed by atoms with van der Waals surface area (Å²) in [5, 5.41) is 19.2. The molecule has 0 spiro atoms. The Morgan fingerprint density at radius 2 is 1.68 bits per heavy atom. The van der Waals surface area contributed by atoms with Crippen LogP contribution in [0.15, 0.2) is 30.3 Å². The number of carboxylic acid groups (broad SMARTS) is 1. The average molecular weight is 264 g/mol. The van der Waals surface area contributed by atoms with Crippen molar-refractivity contribution in [3.63, 3.8) is 0 Å². The van der Waals surface area contributed by atoms with Gasteiger partial charge in [-0.1, -0.05) is 51.1 Å². The molecular formula is C15H20O4. The third kappa shape index (κ3) is 4.17. The zero-order valence-corrected chi connectivity index (χ0v) is 11.5. The molecule has 0 fully saturated rings. The predicted octanol–water partition coefficient (Wildman–Crippen LogP) is 1.91. The molecule has 1 rings (SSSR count). The lowest BCUT2D eigenvalue weighted by Crippen LogP contribution is -2.41. The first-order valence-corrected chi connectivity index (χ1v) is 6.22. The fraction of sp³-hybridized carbons (Fsp3) is 0.467. The van der Waals surface area contributed by atoms with Crippen molar-refractivity contribution in [3.8, 4) is 0 Å². The van der Waals surface area contributed by atoms with Gasteiger partial charge in [0.25, 0.3) is 0 Å². The van der Waals surface area contributed by atoms with Crippen LogP contribution in [-0.4, -0.2) is 28.1 Å². The largest absolute Gasteiger partial charge is 0.481 e. The molecule has 0 aromatic heterocycles. The van der Waals surface area contributed by atoms with Crippen LogP contribution in [0, 0.1) is 11.3 Å². The summed E-state index contributed by atoms with van der Waals surface area (Å²) in [6.45, 7) is 5.00. The molecule has 0 aliphatic rings. The van der Waals surface area contributed by atoms with Gasteiger partial charge in [0.2, 0.25) is 0 Å². The molecular weight excluding hydrogens is 244 g/mol. The van der Waals surface area contributed by atoms with Gasteiger partial charge in [-0.05, 0) is 12.0 Å². The molecule has 4 nitrogen and oxygen atoms in total. The minimum absolute atomic E-state index is 0.138. The van der Waals surface area contributed by atoms with Crippen LogP contribution >= 0.6 is 0 Å². The number of carboxylic acids is 1. The second-order valence-corrected chi connectivity index (χ2v) is 5.69. The first-order valence-electron chi connectivity index (χ1n) is 6.22. The molecule has 4 heteroatoms. The summed E-state index contributed by atoms with van der Waals surface area (Å²) in [6.07, 6.45) is -1.35. The van der Waals surface area contributed by atoms with E-state index >= 15 is 0 Å². The highest BCUT2D eigenvalue weighted by molar-refractivity contribution is 5.91. The number of carbonyl (C=O) groups excluding carboxylic acids is 1. The van der Waals surface area contributed by atoms with Crippen molar-refractivity contribution in [2.24, 2.45) is 11.3 Å². The van der Waals surface area contributed by atoms with E-state index in [9.17, 15) is 19.8 Å². The molecule has 0 saturated carbocycles. The zero-order chi connectivity index (χ0) is 14.6. The lowest BCUT2D eigenvalue weighted by atomic mass is 9.81. The first-order chi connectivity index (χ1) is 8.73. The van der Waals surface area contributed by atoms with Crippen LogP contribution in [0.25, 0.3) is 0 Å². The number of rotatable bonds is 5. The van der Waals surface area contributed by atoms with Gasteiger partial charge in [0, 0.05) is 5.41 Å². The normalized spacial score (nSPS) is 14.7. The molecule has 0 amide bonds. The Bertz CT molecular complexity index is 445. The standard InChI is InChI=1S/C15H20O4/c1-15(2,3)13(17)12(16)11(14(18)19)9-10-7-5-4-6-8-10/h4-8,11-12,16H,9H2,1-3H3,(H,18,19)/t11?,12-/m0/s1. The smallest absolute Gasteiger partial charge is 0.309 e. The number of hydrogen-bond acceptors (Lipinski definition) is 3. The van der Waals surface area contributed by atoms with Crippen molar-refractivity contribution < 1.29 is 19.8 Å². The average Bonchev–Trinajstić information content (AvgIpc) is 2.34. The Hall–Kier alpha value is -1.68. The zero-order valence-electron chi connectivity index (χ0n) is 11.5. The summed E-state index contributed by atoms with van der Waals surface area (Å²) in [5.41, 5.74) is 0.0275. The van der Waals surface area contributed by atoms with E-state index in [1.54, 1.807) is 45.0 Å². The first kappa shape index (κ1) is 15.4. The van der Waals surface area contributed by atoms with Crippen molar-refractivity contribution in [1.29, 1.82) is 0 Å². The number of aliphatic carboxylic acids is 1. The number of aliphatic hydroxyl groups excluding tert-OH is 1. The third-order valence-corrected chi connectivity index (χ3v) is 3.00. The second-order valence-electron chi connectivity index (χ2n) is 5.69. The fourth-order valence-corrected chi connectivity index (χ4v) is 1.83. The molecule has 1 aromatic rings. The van der Waals surface area contributed by atoms with E-state index in [1.165, 1.54) is 0 Å². The minimum Gasteiger partial charge on any atom is -0.481 e. The molecule has 104 valence electrons. The predicted molar refractivity (Wildman–Crippen MR) is 71.7 cm³/mol. The number of aliphatic hydroxyl groups is 1. The van der Waals surface area contributed by atoms with Crippen LogP contribution in [0.4, 0.5) is 0 Å². The minimum atomic E-state index is -1.49. The van der Waals surface area contributed by atoms with Crippen LogP contribution in [0.5, 0.6) is 0 Å². The van der Waals surface area contributed by atoms with Gasteiger partial charge in [0.1, 0.15) is 6.10 Å². The van der Waals surface area contributed by atoms with Crippen molar-refractivity contribution in [3.05, 3.63) is 35.9 Å². The van der Waals surface area contributed by atoms with Crippen LogP contribution < -0.4 is 0 Å². The highest BCUT2D eigenvalue weighted by Crippen LogP contribution is 2.23. The van der Waals surface area contributed by atoms with Crippen molar-refractivity contribution in [2.75, 3.05) is 0 Å². The Labute approximate surface area is 113 Å². The monoisotopic (exact) mass is 264 g/mol. The number of carbonyl (C=O) groups is 2. The summed E-state index contributed by atoms with van der Waals surface area (Å²) >= 11 is 0. The van der Waals surface area contributed by atoms with E-state index < -0.39 is 29.2 Å². The Balaban J connectivity index is 2.90. The van der Waals surface area contributed by atoms with E-state index in [-0.39, 0.29) is 6.42 Å². The molecule has 0 aliphatic heterocycles. The van der Waals surface area contributed by atoms with Gasteiger partial charge >= 0.3 is 5.97 Å². The lowest BCUT2D eigenvalue weighted by Gasteiger charge is -2.25. The lowest BCUT2D eigenvalue weighted by molar-refractivity contribution is -0.152. The number of hydrogen-bond donors (Lipinski definition) is 2. The van der Waals surface area contributed by atoms with Gasteiger partial charge < -0.3 is 10.2 Å². The molecule has 1 unspecified atom stereocenters. The second kappa shape index (κ2) is 5.97. The number of benzene rings is 1. The molecule has 1 aromatic carbocycles. The van der Waals surface area contributed by atoms with Gasteiger partial charge in [0.15, 0.2) is 5.78 Å². The molecule has 0 heterocycles. The van der Waals surface area contributed by atoms with Crippen LogP contribution in [0.1, 0.15) is 26.3 Å². The van der Waals surface area contributed by atoms with Gasteiger partial charge in [-0.25, -0.2) is 0 Å². The van der Waals surface area contributed by atoms with Crippen LogP contribution in [0.2, 0.25) is 0 Å². The van der Waals surface area contributed by atoms with Crippen molar-refractivity contribution in [1.82, 2.24) is 0 Å². The van der Waals surface area contributed by atoms with Crippen LogP contribution in [0.3, 0.4) is 0 Å². The Morgan fingerprint density at radius 1 is 1.16 bits per heavy atom. The summed E-state index contributed by atoms with van der Waals surface area (Å²) in [4.78, 5) is 23.3. The quantitative estimate of drug-likeness (QED) is 0.851. The topological polar surface area (TPSA) is 74.6 Å². The van der Waals surface area contributed by atoms with Gasteiger partial charge in [-0.2, -0.15) is 0 Å². The van der Waals surface area contributed by atoms with Gasteiger partial charge in [-0.3, -0.25) is 9.59 Å². The SMILES string of the molecule is CC(C)(C)C(=O)[C@@H](O)C(Cc1ccccc1)C(=O)O. The fourth-order valence-electron chi connectivity index (χ4n) is 1.83. The molecule has 19 heavy (non-hydrogen) atoms. The van der Waals surface area contributed by atoms with Gasteiger partial charge in [0.05, 0.1) is 5.92 Å². The summed E-state index contributed by atoms with van der Waals surface area (Å²) < 4.78 is 0. The molecule has 2 N–H and O–H groups in total. The molecule has 2 atom stereocenters. The Kier molecular flexibility index (Phi) is 4.84. The highest BCUT2D eigenvalue weighted by atomic mass is 16.4. The maximum atomic E-state index is 12.0. The maximum Gasteiger partial charge on any atom is 0.309 e. The van der Waals surface area contributed by atoms with Crippen LogP contribution in [-0.2, 0) is 16.0 Å². The molecule has 0 aliphatic carbocycles. The third-order valence-electron chi connectivity index (χ3n) is 3.00. The van der Waals surface area contributed by atoms with E-state index in [2.05, 4.69) is 0 Å². The summed E-state index contributed by atoms with van der Waals surface area (Å²) in [6, 6.07) is 8.99. The summed E-state index contributed by atoms with van der Waals surface area (Å²) in [5.74, 6) is -2.72. The van der Waals surface area contributed by atoms with E-state index in [4.69, 9.17) is 0 Å². The number of Topliss-reactive ketones (excluding diaryl/α,β-unsaturated/α-hetero) is 1. The molecule has 0 radical (unpaired) electrons. The highest BCUT2D eigenvalue weighted by Gasteiger charge is 2.37. The van der Waals surface area contributed by atoms with E-state index in [0.717, 1.165) is 5.56 Å². The van der Waals surface area contributed by atoms with Crippen molar-refractivity contribution >= 4 is 11.8 Å². The molecule has 0 saturated heterocycles. The van der Waals surface area contributed by atoms with E-state index in [1.807, 2.05) is 6.07 Å². The number of ketones is 1. The van der Waals surface area contributed by atoms with E-state index in [0.29, 0.717) is 0 Å². The van der Waals surface area contributed by atoms with Crippen molar-refractivity contribution in [2.45, 2.75) is 33.3 Å². The summed E-state index contributed by atoms with van der Waals surface area (Å²) in [7, 11) is 0. The Morgan fingerprint density at radius 3 is 2.11 bits per heavy atom. The maximum absolute atomic E-state index is 12.0.